The lowest BCUT2D eigenvalue weighted by Gasteiger charge is -2.23. The monoisotopic (exact) mass is 337 g/mol. The van der Waals surface area contributed by atoms with Crippen LogP contribution in [0.25, 0.3) is 0 Å². The Kier molecular flexibility index (Phi) is 5.26. The average Bonchev–Trinajstić information content (AvgIpc) is 3.14. The third-order valence-corrected chi connectivity index (χ3v) is 4.11. The van der Waals surface area contributed by atoms with Gasteiger partial charge in [-0.3, -0.25) is 9.63 Å². The number of hydrogen-bond acceptors (Lipinski definition) is 3. The van der Waals surface area contributed by atoms with Crippen LogP contribution < -0.4 is 5.06 Å². The zero-order chi connectivity index (χ0) is 17.6. The first-order valence-corrected chi connectivity index (χ1v) is 8.18. The second-order valence-electron chi connectivity index (χ2n) is 5.81. The van der Waals surface area contributed by atoms with Crippen LogP contribution in [0, 0.1) is 0 Å². The summed E-state index contributed by atoms with van der Waals surface area (Å²) in [4.78, 5) is 30.1. The average molecular weight is 337 g/mol. The van der Waals surface area contributed by atoms with E-state index in [2.05, 4.69) is 0 Å². The highest BCUT2D eigenvalue weighted by Gasteiger charge is 2.30. The van der Waals surface area contributed by atoms with E-state index in [9.17, 15) is 14.7 Å². The molecule has 0 radical (unpaired) electrons. The topological polar surface area (TPSA) is 66.8 Å². The van der Waals surface area contributed by atoms with E-state index in [0.717, 1.165) is 5.56 Å². The van der Waals surface area contributed by atoms with E-state index >= 15 is 0 Å². The first-order valence-electron chi connectivity index (χ1n) is 8.18. The fraction of sp³-hybridized carbons (Fsp3) is 0.200. The molecule has 25 heavy (non-hydrogen) atoms. The lowest BCUT2D eigenvalue weighted by Crippen LogP contribution is -2.32. The Balaban J connectivity index is 1.87. The van der Waals surface area contributed by atoms with Gasteiger partial charge < -0.3 is 5.11 Å². The Morgan fingerprint density at radius 1 is 0.920 bits per heavy atom. The van der Waals surface area contributed by atoms with Crippen molar-refractivity contribution < 1.29 is 19.5 Å². The lowest BCUT2D eigenvalue weighted by molar-refractivity contribution is -0.133. The summed E-state index contributed by atoms with van der Waals surface area (Å²) in [6, 6.07) is 18.5. The predicted molar refractivity (Wildman–Crippen MR) is 93.7 cm³/mol. The van der Waals surface area contributed by atoms with E-state index in [1.165, 1.54) is 5.06 Å². The molecule has 2 aromatic carbocycles. The quantitative estimate of drug-likeness (QED) is 0.816. The molecule has 1 amide bonds. The van der Waals surface area contributed by atoms with Gasteiger partial charge in [-0.2, -0.15) is 5.06 Å². The highest BCUT2D eigenvalue weighted by molar-refractivity contribution is 6.09. The molecule has 1 aliphatic rings. The summed E-state index contributed by atoms with van der Waals surface area (Å²) in [6.07, 6.45) is 1.54. The van der Waals surface area contributed by atoms with Crippen molar-refractivity contribution in [1.29, 1.82) is 0 Å². The third kappa shape index (κ3) is 3.95. The van der Waals surface area contributed by atoms with Gasteiger partial charge in [0.2, 0.25) is 0 Å². The van der Waals surface area contributed by atoms with Gasteiger partial charge in [0.05, 0.1) is 5.69 Å². The van der Waals surface area contributed by atoms with Crippen molar-refractivity contribution in [3.63, 3.8) is 0 Å². The number of carbonyl (C=O) groups excluding carboxylic acids is 1. The van der Waals surface area contributed by atoms with Crippen LogP contribution in [0.3, 0.4) is 0 Å². The largest absolute Gasteiger partial charge is 0.478 e. The van der Waals surface area contributed by atoms with E-state index in [0.29, 0.717) is 30.5 Å². The normalized spacial score (nSPS) is 13.8. The zero-order valence-electron chi connectivity index (χ0n) is 13.7. The standard InChI is InChI=1S/C20H19NO4/c22-19(17-12-7-13-18(17)20(23)24)21(16-10-5-2-6-11-16)25-14-15-8-3-1-4-9-15/h1-6,8-11H,7,12-14H2,(H,23,24). The number of aliphatic carboxylic acids is 1. The van der Waals surface area contributed by atoms with Crippen molar-refractivity contribution in [1.82, 2.24) is 0 Å². The Labute approximate surface area is 146 Å². The van der Waals surface area contributed by atoms with E-state index in [1.54, 1.807) is 12.1 Å². The zero-order valence-corrected chi connectivity index (χ0v) is 13.7. The summed E-state index contributed by atoms with van der Waals surface area (Å²) < 4.78 is 0. The molecule has 0 spiro atoms. The highest BCUT2D eigenvalue weighted by atomic mass is 16.7. The number of hydroxylamine groups is 1. The predicted octanol–water partition coefficient (Wildman–Crippen LogP) is 3.72. The van der Waals surface area contributed by atoms with Gasteiger partial charge in [0.1, 0.15) is 6.61 Å². The molecule has 0 aliphatic heterocycles. The number of carbonyl (C=O) groups is 2. The van der Waals surface area contributed by atoms with Crippen LogP contribution in [0.5, 0.6) is 0 Å². The third-order valence-electron chi connectivity index (χ3n) is 4.11. The molecule has 3 rings (SSSR count). The summed E-state index contributed by atoms with van der Waals surface area (Å²) >= 11 is 0. The number of amides is 1. The van der Waals surface area contributed by atoms with Gasteiger partial charge >= 0.3 is 5.97 Å². The van der Waals surface area contributed by atoms with Crippen molar-refractivity contribution in [2.45, 2.75) is 25.9 Å². The second kappa shape index (κ2) is 7.77. The molecule has 0 bridgehead atoms. The van der Waals surface area contributed by atoms with E-state index < -0.39 is 11.9 Å². The fourth-order valence-electron chi connectivity index (χ4n) is 2.87. The maximum atomic E-state index is 13.0. The SMILES string of the molecule is O=C(O)C1=C(C(=O)N(OCc2ccccc2)c2ccccc2)CCC1. The molecule has 0 saturated carbocycles. The van der Waals surface area contributed by atoms with Crippen molar-refractivity contribution in [2.75, 3.05) is 5.06 Å². The minimum absolute atomic E-state index is 0.189. The molecule has 0 atom stereocenters. The van der Waals surface area contributed by atoms with E-state index in [1.807, 2.05) is 48.5 Å². The van der Waals surface area contributed by atoms with Crippen molar-refractivity contribution in [3.05, 3.63) is 77.4 Å². The van der Waals surface area contributed by atoms with Crippen LogP contribution in [0.2, 0.25) is 0 Å². The summed E-state index contributed by atoms with van der Waals surface area (Å²) in [5.41, 5.74) is 2.02. The number of carboxylic acids is 1. The van der Waals surface area contributed by atoms with Crippen LogP contribution in [0.4, 0.5) is 5.69 Å². The van der Waals surface area contributed by atoms with Crippen molar-refractivity contribution in [3.8, 4) is 0 Å². The highest BCUT2D eigenvalue weighted by Crippen LogP contribution is 2.29. The van der Waals surface area contributed by atoms with Crippen molar-refractivity contribution >= 4 is 17.6 Å². The van der Waals surface area contributed by atoms with Gasteiger partial charge in [-0.05, 0) is 37.0 Å². The van der Waals surface area contributed by atoms with Gasteiger partial charge in [0.15, 0.2) is 0 Å². The van der Waals surface area contributed by atoms with Gasteiger partial charge in [-0.15, -0.1) is 0 Å². The van der Waals surface area contributed by atoms with Gasteiger partial charge in [0, 0.05) is 11.1 Å². The first-order chi connectivity index (χ1) is 12.2. The van der Waals surface area contributed by atoms with Gasteiger partial charge in [0.25, 0.3) is 5.91 Å². The van der Waals surface area contributed by atoms with Crippen molar-refractivity contribution in [2.24, 2.45) is 0 Å². The van der Waals surface area contributed by atoms with Crippen LogP contribution in [0.15, 0.2) is 71.8 Å². The lowest BCUT2D eigenvalue weighted by atomic mass is 10.1. The van der Waals surface area contributed by atoms with Crippen LogP contribution in [0.1, 0.15) is 24.8 Å². The number of carboxylic acid groups (broad SMARTS) is 1. The maximum Gasteiger partial charge on any atom is 0.332 e. The molecule has 1 N–H and O–H groups in total. The van der Waals surface area contributed by atoms with Crippen LogP contribution in [-0.2, 0) is 21.0 Å². The van der Waals surface area contributed by atoms with Gasteiger partial charge in [-0.1, -0.05) is 48.5 Å². The molecule has 0 fully saturated rings. The Bertz CT molecular complexity index is 784. The Morgan fingerprint density at radius 3 is 2.16 bits per heavy atom. The summed E-state index contributed by atoms with van der Waals surface area (Å²) in [7, 11) is 0. The van der Waals surface area contributed by atoms with Gasteiger partial charge in [-0.25, -0.2) is 4.79 Å². The molecule has 0 heterocycles. The minimum Gasteiger partial charge on any atom is -0.478 e. The molecule has 0 unspecified atom stereocenters. The fourth-order valence-corrected chi connectivity index (χ4v) is 2.87. The molecule has 0 saturated heterocycles. The summed E-state index contributed by atoms with van der Waals surface area (Å²) in [6.45, 7) is 0.219. The van der Waals surface area contributed by atoms with Crippen LogP contribution >= 0.6 is 0 Å². The molecule has 2 aromatic rings. The number of para-hydroxylation sites is 1. The molecular formula is C20H19NO4. The van der Waals surface area contributed by atoms with Crippen LogP contribution in [-0.4, -0.2) is 17.0 Å². The molecule has 1 aliphatic carbocycles. The minimum atomic E-state index is -1.03. The number of nitrogens with zero attached hydrogens (tertiary/aromatic N) is 1. The molecule has 128 valence electrons. The number of hydrogen-bond donors (Lipinski definition) is 1. The van der Waals surface area contributed by atoms with E-state index in [4.69, 9.17) is 4.84 Å². The number of rotatable bonds is 6. The smallest absolute Gasteiger partial charge is 0.332 e. The summed E-state index contributed by atoms with van der Waals surface area (Å²) in [5.74, 6) is -1.44. The maximum absolute atomic E-state index is 13.0. The Morgan fingerprint density at radius 2 is 1.52 bits per heavy atom. The number of benzene rings is 2. The number of anilines is 1. The Hall–Kier alpha value is -2.92. The first kappa shape index (κ1) is 16.9. The molecule has 0 aromatic heterocycles. The second-order valence-corrected chi connectivity index (χ2v) is 5.81. The van der Waals surface area contributed by atoms with E-state index in [-0.39, 0.29) is 12.2 Å². The molecular weight excluding hydrogens is 318 g/mol. The molecule has 5 nitrogen and oxygen atoms in total. The summed E-state index contributed by atoms with van der Waals surface area (Å²) in [5, 5.41) is 10.5. The molecule has 5 heteroatoms.